The molecule has 7 heteroatoms. The van der Waals surface area contributed by atoms with Crippen LogP contribution in [0.25, 0.3) is 0 Å². The van der Waals surface area contributed by atoms with Gasteiger partial charge in [-0.05, 0) is 49.3 Å². The van der Waals surface area contributed by atoms with Gasteiger partial charge in [0.1, 0.15) is 12.2 Å². The van der Waals surface area contributed by atoms with Crippen molar-refractivity contribution in [2.45, 2.75) is 64.3 Å². The number of anilines is 1. The molecule has 1 amide bonds. The molecule has 0 radical (unpaired) electrons. The van der Waals surface area contributed by atoms with Crippen LogP contribution in [-0.2, 0) is 9.59 Å². The number of rotatable bonds is 7. The molecule has 0 saturated carbocycles. The molecule has 0 aliphatic carbocycles. The number of likely N-dealkylation sites (tertiary alicyclic amines) is 1. The van der Waals surface area contributed by atoms with Crippen molar-refractivity contribution >= 4 is 18.0 Å². The summed E-state index contributed by atoms with van der Waals surface area (Å²) in [4.78, 5) is 29.1. The van der Waals surface area contributed by atoms with Gasteiger partial charge in [-0.25, -0.2) is 0 Å². The third-order valence-electron chi connectivity index (χ3n) is 7.54. The fourth-order valence-corrected chi connectivity index (χ4v) is 5.42. The molecular weight excluding hydrogens is 428 g/mol. The maximum atomic E-state index is 13.8. The Kier molecular flexibility index (Phi) is 7.35. The molecule has 180 valence electrons. The van der Waals surface area contributed by atoms with Gasteiger partial charge in [0.15, 0.2) is 11.6 Å². The smallest absolute Gasteiger partial charge is 0.233 e. The van der Waals surface area contributed by atoms with E-state index in [1.54, 1.807) is 0 Å². The highest BCUT2D eigenvalue weighted by molar-refractivity contribution is 5.84. The van der Waals surface area contributed by atoms with Gasteiger partial charge in [-0.3, -0.25) is 4.79 Å². The van der Waals surface area contributed by atoms with E-state index in [1.807, 2.05) is 35.2 Å². The molecule has 0 spiro atoms. The zero-order valence-corrected chi connectivity index (χ0v) is 20.3. The van der Waals surface area contributed by atoms with E-state index in [9.17, 15) is 9.59 Å². The third-order valence-corrected chi connectivity index (χ3v) is 7.54. The van der Waals surface area contributed by atoms with Gasteiger partial charge < -0.3 is 19.1 Å². The predicted octanol–water partition coefficient (Wildman–Crippen LogP) is 4.50. The standard InChI is InChI=1S/C27H34N4O3/c1-18(2)26(24-15-25(29-34-24)30-13-10-21(17-32)11-14-30)27(33)31-12-4-5-23(31)19(3)22-8-6-20(16-28)7-9-22/h6-9,15,17-19,21,23,26H,4-5,10-14H2,1-3H3. The molecule has 3 unspecified atom stereocenters. The summed E-state index contributed by atoms with van der Waals surface area (Å²) < 4.78 is 5.74. The van der Waals surface area contributed by atoms with E-state index in [0.29, 0.717) is 11.3 Å². The summed E-state index contributed by atoms with van der Waals surface area (Å²) in [5, 5.41) is 13.4. The summed E-state index contributed by atoms with van der Waals surface area (Å²) in [5.74, 6) is 1.45. The predicted molar refractivity (Wildman–Crippen MR) is 129 cm³/mol. The summed E-state index contributed by atoms with van der Waals surface area (Å²) >= 11 is 0. The minimum absolute atomic E-state index is 0.0700. The highest BCUT2D eigenvalue weighted by atomic mass is 16.5. The molecule has 34 heavy (non-hydrogen) atoms. The summed E-state index contributed by atoms with van der Waals surface area (Å²) in [6.45, 7) is 8.55. The normalized spacial score (nSPS) is 20.9. The van der Waals surface area contributed by atoms with Gasteiger partial charge in [0.2, 0.25) is 5.91 Å². The molecule has 2 fully saturated rings. The van der Waals surface area contributed by atoms with Crippen LogP contribution in [0.15, 0.2) is 34.9 Å². The van der Waals surface area contributed by atoms with Crippen molar-refractivity contribution in [2.24, 2.45) is 11.8 Å². The zero-order chi connectivity index (χ0) is 24.2. The Morgan fingerprint density at radius 1 is 1.15 bits per heavy atom. The molecule has 0 bridgehead atoms. The van der Waals surface area contributed by atoms with Crippen molar-refractivity contribution in [1.82, 2.24) is 10.1 Å². The third kappa shape index (κ3) is 4.86. The van der Waals surface area contributed by atoms with Crippen molar-refractivity contribution in [3.63, 3.8) is 0 Å². The van der Waals surface area contributed by atoms with Crippen molar-refractivity contribution < 1.29 is 14.1 Å². The highest BCUT2D eigenvalue weighted by Gasteiger charge is 2.39. The molecule has 2 aliphatic heterocycles. The molecule has 0 N–H and O–H groups in total. The molecular formula is C27H34N4O3. The molecule has 1 aromatic heterocycles. The van der Waals surface area contributed by atoms with Crippen molar-refractivity contribution in [1.29, 1.82) is 5.26 Å². The number of aromatic nitrogens is 1. The van der Waals surface area contributed by atoms with Crippen LogP contribution >= 0.6 is 0 Å². The van der Waals surface area contributed by atoms with E-state index in [4.69, 9.17) is 9.78 Å². The fourth-order valence-electron chi connectivity index (χ4n) is 5.42. The van der Waals surface area contributed by atoms with E-state index < -0.39 is 0 Å². The van der Waals surface area contributed by atoms with Crippen molar-refractivity contribution in [2.75, 3.05) is 24.5 Å². The van der Waals surface area contributed by atoms with Crippen LogP contribution in [0.2, 0.25) is 0 Å². The molecule has 2 aliphatic rings. The highest BCUT2D eigenvalue weighted by Crippen LogP contribution is 2.36. The van der Waals surface area contributed by atoms with Gasteiger partial charge in [0.05, 0.1) is 11.6 Å². The Hall–Kier alpha value is -3.14. The van der Waals surface area contributed by atoms with Crippen molar-refractivity contribution in [3.8, 4) is 6.07 Å². The van der Waals surface area contributed by atoms with Gasteiger partial charge in [-0.1, -0.05) is 38.1 Å². The van der Waals surface area contributed by atoms with Gasteiger partial charge in [0.25, 0.3) is 0 Å². The molecule has 3 heterocycles. The van der Waals surface area contributed by atoms with Gasteiger partial charge in [-0.2, -0.15) is 5.26 Å². The number of aldehydes is 1. The second-order valence-corrected chi connectivity index (χ2v) is 10.0. The Bertz CT molecular complexity index is 1030. The zero-order valence-electron chi connectivity index (χ0n) is 20.3. The van der Waals surface area contributed by atoms with E-state index in [2.05, 4.69) is 36.9 Å². The Labute approximate surface area is 201 Å². The second-order valence-electron chi connectivity index (χ2n) is 10.0. The van der Waals surface area contributed by atoms with Crippen LogP contribution < -0.4 is 4.90 Å². The summed E-state index contributed by atoms with van der Waals surface area (Å²) in [5.41, 5.74) is 1.79. The SMILES string of the molecule is CC(C)C(C(=O)N1CCCC1C(C)c1ccc(C#N)cc1)c1cc(N2CCC(C=O)CC2)no1. The van der Waals surface area contributed by atoms with E-state index in [0.717, 1.165) is 63.0 Å². The topological polar surface area (TPSA) is 90.4 Å². The van der Waals surface area contributed by atoms with Gasteiger partial charge in [-0.15, -0.1) is 0 Å². The maximum absolute atomic E-state index is 13.8. The maximum Gasteiger partial charge on any atom is 0.233 e. The number of nitriles is 1. The van der Waals surface area contributed by atoms with Crippen LogP contribution in [0.4, 0.5) is 5.82 Å². The Balaban J connectivity index is 1.50. The minimum Gasteiger partial charge on any atom is -0.358 e. The first-order valence-electron chi connectivity index (χ1n) is 12.4. The number of hydrogen-bond donors (Lipinski definition) is 0. The van der Waals surface area contributed by atoms with Crippen LogP contribution in [0.1, 0.15) is 75.2 Å². The van der Waals surface area contributed by atoms with E-state index in [-0.39, 0.29) is 35.6 Å². The molecule has 3 atom stereocenters. The number of piperidine rings is 1. The first-order chi connectivity index (χ1) is 16.4. The Morgan fingerprint density at radius 2 is 1.85 bits per heavy atom. The summed E-state index contributed by atoms with van der Waals surface area (Å²) in [7, 11) is 0. The first-order valence-corrected chi connectivity index (χ1v) is 12.4. The largest absolute Gasteiger partial charge is 0.358 e. The van der Waals surface area contributed by atoms with E-state index >= 15 is 0 Å². The van der Waals surface area contributed by atoms with Crippen LogP contribution in [0.5, 0.6) is 0 Å². The summed E-state index contributed by atoms with van der Waals surface area (Å²) in [6, 6.07) is 11.9. The number of carbonyl (C=O) groups excluding carboxylic acids is 2. The van der Waals surface area contributed by atoms with Crippen LogP contribution in [-0.4, -0.2) is 47.9 Å². The molecule has 4 rings (SSSR count). The summed E-state index contributed by atoms with van der Waals surface area (Å²) in [6.07, 6.45) is 4.63. The fraction of sp³-hybridized carbons (Fsp3) is 0.556. The molecule has 1 aromatic carbocycles. The van der Waals surface area contributed by atoms with Gasteiger partial charge in [0, 0.05) is 43.6 Å². The van der Waals surface area contributed by atoms with Crippen LogP contribution in [0, 0.1) is 23.2 Å². The lowest BCUT2D eigenvalue weighted by atomic mass is 9.88. The lowest BCUT2D eigenvalue weighted by molar-refractivity contribution is -0.135. The molecule has 7 nitrogen and oxygen atoms in total. The van der Waals surface area contributed by atoms with Crippen LogP contribution in [0.3, 0.4) is 0 Å². The number of hydrogen-bond acceptors (Lipinski definition) is 6. The Morgan fingerprint density at radius 3 is 2.47 bits per heavy atom. The van der Waals surface area contributed by atoms with Crippen molar-refractivity contribution in [3.05, 3.63) is 47.2 Å². The van der Waals surface area contributed by atoms with E-state index in [1.165, 1.54) is 0 Å². The lowest BCUT2D eigenvalue weighted by Gasteiger charge is -2.33. The molecule has 2 saturated heterocycles. The number of nitrogens with zero attached hydrogens (tertiary/aromatic N) is 4. The number of amides is 1. The second kappa shape index (κ2) is 10.4. The average molecular weight is 463 g/mol. The van der Waals surface area contributed by atoms with Gasteiger partial charge >= 0.3 is 0 Å². The monoisotopic (exact) mass is 462 g/mol. The lowest BCUT2D eigenvalue weighted by Crippen LogP contribution is -2.42. The number of benzene rings is 1. The number of carbonyl (C=O) groups is 2. The minimum atomic E-state index is -0.387. The average Bonchev–Trinajstić information content (AvgIpc) is 3.54. The quantitative estimate of drug-likeness (QED) is 0.563. The molecule has 2 aromatic rings. The first kappa shape index (κ1) is 24.0.